The van der Waals surface area contributed by atoms with E-state index in [2.05, 4.69) is 22.9 Å². The number of unbranched alkanes of at least 4 members (excludes halogenated alkanes) is 6. The molecule has 8 heteroatoms. The van der Waals surface area contributed by atoms with E-state index in [1.54, 1.807) is 42.0 Å². The molecule has 0 saturated heterocycles. The number of carbonyl (C=O) groups is 1. The van der Waals surface area contributed by atoms with E-state index in [0.717, 1.165) is 31.0 Å². The largest absolute Gasteiger partial charge is 0.497 e. The molecule has 0 bridgehead atoms. The van der Waals surface area contributed by atoms with Crippen LogP contribution in [0.15, 0.2) is 47.4 Å². The van der Waals surface area contributed by atoms with Crippen LogP contribution in [0.25, 0.3) is 16.6 Å². The van der Waals surface area contributed by atoms with Crippen molar-refractivity contribution in [3.8, 4) is 22.9 Å². The Balaban J connectivity index is 1.92. The third-order valence-corrected chi connectivity index (χ3v) is 6.71. The summed E-state index contributed by atoms with van der Waals surface area (Å²) in [6.07, 6.45) is 10.2. The molecule has 3 aromatic rings. The fourth-order valence-corrected chi connectivity index (χ4v) is 4.48. The molecule has 0 atom stereocenters. The molecule has 0 aliphatic carbocycles. The van der Waals surface area contributed by atoms with Crippen LogP contribution in [0.1, 0.15) is 68.6 Å². The van der Waals surface area contributed by atoms with Gasteiger partial charge in [0.15, 0.2) is 0 Å². The maximum Gasteiger partial charge on any atom is 0.341 e. The van der Waals surface area contributed by atoms with Gasteiger partial charge in [-0.15, -0.1) is 0 Å². The van der Waals surface area contributed by atoms with Gasteiger partial charge in [0.05, 0.1) is 31.5 Å². The van der Waals surface area contributed by atoms with E-state index in [-0.39, 0.29) is 5.56 Å². The Morgan fingerprint density at radius 3 is 2.27 bits per heavy atom. The van der Waals surface area contributed by atoms with Crippen LogP contribution >= 0.6 is 15.9 Å². The van der Waals surface area contributed by atoms with Crippen molar-refractivity contribution in [2.75, 3.05) is 25.7 Å². The van der Waals surface area contributed by atoms with E-state index in [4.69, 9.17) is 14.2 Å². The highest BCUT2D eigenvalue weighted by atomic mass is 79.9. The molecule has 0 spiro atoms. The highest BCUT2D eigenvalue weighted by Gasteiger charge is 2.17. The highest BCUT2D eigenvalue weighted by molar-refractivity contribution is 9.09. The lowest BCUT2D eigenvalue weighted by Gasteiger charge is -2.16. The summed E-state index contributed by atoms with van der Waals surface area (Å²) in [6, 6.07) is 10.5. The number of nitrogens with zero attached hydrogens (tertiary/aromatic N) is 1. The number of carboxylic acids is 1. The molecule has 1 heterocycles. The number of benzene rings is 2. The topological polar surface area (TPSA) is 87.0 Å². The number of carboxylic acid groups (broad SMARTS) is 1. The number of fused-ring (bicyclic) bond motifs is 1. The van der Waals surface area contributed by atoms with Crippen molar-refractivity contribution in [1.29, 1.82) is 0 Å². The molecule has 0 aliphatic heterocycles. The molecule has 0 aliphatic rings. The minimum Gasteiger partial charge on any atom is -0.497 e. The number of aromatic nitrogens is 1. The van der Waals surface area contributed by atoms with Gasteiger partial charge in [0.25, 0.3) is 0 Å². The maximum atomic E-state index is 12.9. The molecular formula is C29H36BrNO6. The Morgan fingerprint density at radius 2 is 1.57 bits per heavy atom. The molecule has 37 heavy (non-hydrogen) atoms. The summed E-state index contributed by atoms with van der Waals surface area (Å²) in [7, 11) is 1.56. The van der Waals surface area contributed by atoms with E-state index in [9.17, 15) is 14.7 Å². The zero-order valence-corrected chi connectivity index (χ0v) is 23.2. The predicted molar refractivity (Wildman–Crippen MR) is 150 cm³/mol. The molecule has 7 nitrogen and oxygen atoms in total. The van der Waals surface area contributed by atoms with Gasteiger partial charge < -0.3 is 23.9 Å². The second-order valence-corrected chi connectivity index (χ2v) is 9.75. The van der Waals surface area contributed by atoms with E-state index in [0.29, 0.717) is 47.1 Å². The predicted octanol–water partition coefficient (Wildman–Crippen LogP) is 6.99. The zero-order chi connectivity index (χ0) is 26.6. The van der Waals surface area contributed by atoms with Crippen LogP contribution in [0, 0.1) is 0 Å². The van der Waals surface area contributed by atoms with Gasteiger partial charge in [-0.1, -0.05) is 55.0 Å². The van der Waals surface area contributed by atoms with Gasteiger partial charge in [0.1, 0.15) is 22.8 Å². The highest BCUT2D eigenvalue weighted by Crippen LogP contribution is 2.29. The van der Waals surface area contributed by atoms with Crippen molar-refractivity contribution in [2.24, 2.45) is 0 Å². The number of aromatic carboxylic acids is 1. The lowest BCUT2D eigenvalue weighted by atomic mass is 10.1. The first-order chi connectivity index (χ1) is 18.0. The van der Waals surface area contributed by atoms with Crippen molar-refractivity contribution in [3.05, 3.63) is 58.4 Å². The molecule has 200 valence electrons. The first kappa shape index (κ1) is 28.6. The summed E-state index contributed by atoms with van der Waals surface area (Å²) in [4.78, 5) is 24.8. The molecule has 2 aromatic carbocycles. The fourth-order valence-electron chi connectivity index (χ4n) is 4.09. The van der Waals surface area contributed by atoms with E-state index < -0.39 is 11.4 Å². The third-order valence-electron chi connectivity index (χ3n) is 6.15. The van der Waals surface area contributed by atoms with Gasteiger partial charge in [-0.05, 0) is 31.4 Å². The minimum absolute atomic E-state index is 0.301. The number of rotatable bonds is 16. The molecule has 0 amide bonds. The first-order valence-corrected chi connectivity index (χ1v) is 14.0. The number of hydrogen-bond donors (Lipinski definition) is 1. The summed E-state index contributed by atoms with van der Waals surface area (Å²) in [5, 5.41) is 11.1. The zero-order valence-electron chi connectivity index (χ0n) is 21.6. The Bertz CT molecular complexity index is 1240. The smallest absolute Gasteiger partial charge is 0.341 e. The molecule has 0 unspecified atom stereocenters. The molecule has 1 aromatic heterocycles. The minimum atomic E-state index is -1.28. The normalized spacial score (nSPS) is 11.0. The Kier molecular flexibility index (Phi) is 11.3. The van der Waals surface area contributed by atoms with Gasteiger partial charge in [0.2, 0.25) is 5.43 Å². The van der Waals surface area contributed by atoms with Crippen LogP contribution in [-0.2, 0) is 0 Å². The number of alkyl halides is 1. The SMILES string of the molecule is CCCCOc1cc(OC)cc(-n2cc(C(=O)O)c(=O)c3ccc(OCCCCCCCCBr)cc32)c1. The van der Waals surface area contributed by atoms with Gasteiger partial charge in [0, 0.05) is 41.2 Å². The lowest BCUT2D eigenvalue weighted by molar-refractivity contribution is 0.0695. The maximum absolute atomic E-state index is 12.9. The van der Waals surface area contributed by atoms with Crippen molar-refractivity contribution in [2.45, 2.75) is 58.3 Å². The third kappa shape index (κ3) is 7.99. The summed E-state index contributed by atoms with van der Waals surface area (Å²) >= 11 is 3.46. The van der Waals surface area contributed by atoms with E-state index in [1.165, 1.54) is 31.9 Å². The van der Waals surface area contributed by atoms with Gasteiger partial charge >= 0.3 is 5.97 Å². The average molecular weight is 575 g/mol. The summed E-state index contributed by atoms with van der Waals surface area (Å²) in [5.41, 5.74) is 0.336. The number of hydrogen-bond acceptors (Lipinski definition) is 5. The lowest BCUT2D eigenvalue weighted by Crippen LogP contribution is -2.18. The molecule has 0 saturated carbocycles. The van der Waals surface area contributed by atoms with E-state index in [1.807, 2.05) is 6.07 Å². The van der Waals surface area contributed by atoms with E-state index >= 15 is 0 Å². The monoisotopic (exact) mass is 573 g/mol. The molecule has 0 radical (unpaired) electrons. The van der Waals surface area contributed by atoms with Gasteiger partial charge in [-0.3, -0.25) is 4.79 Å². The van der Waals surface area contributed by atoms with Crippen LogP contribution < -0.4 is 19.6 Å². The number of ether oxygens (including phenoxy) is 3. The summed E-state index contributed by atoms with van der Waals surface area (Å²) in [6.45, 7) is 3.23. The quantitative estimate of drug-likeness (QED) is 0.147. The average Bonchev–Trinajstić information content (AvgIpc) is 2.90. The van der Waals surface area contributed by atoms with Gasteiger partial charge in [-0.25, -0.2) is 4.79 Å². The van der Waals surface area contributed by atoms with Crippen molar-refractivity contribution >= 4 is 32.8 Å². The van der Waals surface area contributed by atoms with Crippen LogP contribution in [-0.4, -0.2) is 41.3 Å². The van der Waals surface area contributed by atoms with Crippen molar-refractivity contribution in [1.82, 2.24) is 4.57 Å². The van der Waals surface area contributed by atoms with Gasteiger partial charge in [-0.2, -0.15) is 0 Å². The second kappa shape index (κ2) is 14.7. The van der Waals surface area contributed by atoms with Crippen LogP contribution in [0.4, 0.5) is 0 Å². The summed E-state index contributed by atoms with van der Waals surface area (Å²) in [5.74, 6) is 0.524. The number of pyridine rings is 1. The van der Waals surface area contributed by atoms with Crippen LogP contribution in [0.3, 0.4) is 0 Å². The Hall–Kier alpha value is -3.00. The number of methoxy groups -OCH3 is 1. The molecule has 3 rings (SSSR count). The van der Waals surface area contributed by atoms with Crippen molar-refractivity contribution < 1.29 is 24.1 Å². The second-order valence-electron chi connectivity index (χ2n) is 8.95. The van der Waals surface area contributed by atoms with Crippen molar-refractivity contribution in [3.63, 3.8) is 0 Å². The van der Waals surface area contributed by atoms with Crippen LogP contribution in [0.5, 0.6) is 17.2 Å². The molecular weight excluding hydrogens is 538 g/mol. The molecule has 0 fully saturated rings. The van der Waals surface area contributed by atoms with Crippen LogP contribution in [0.2, 0.25) is 0 Å². The summed E-state index contributed by atoms with van der Waals surface area (Å²) < 4.78 is 19.0. The fraction of sp³-hybridized carbons (Fsp3) is 0.448. The standard InChI is InChI=1S/C29H36BrNO6/c1-3-4-14-37-24-17-21(16-23(18-24)35-2)31-20-26(29(33)34)28(32)25-12-11-22(19-27(25)31)36-15-10-8-6-5-7-9-13-30/h11-12,16-20H,3-10,13-15H2,1-2H3,(H,33,34). The first-order valence-electron chi connectivity index (χ1n) is 12.9. The Labute approximate surface area is 226 Å². The molecule has 1 N–H and O–H groups in total. The number of halogens is 1. The Morgan fingerprint density at radius 1 is 0.892 bits per heavy atom.